The van der Waals surface area contributed by atoms with Crippen LogP contribution in [-0.2, 0) is 0 Å². The normalized spacial score (nSPS) is 17.7. The summed E-state index contributed by atoms with van der Waals surface area (Å²) in [6.07, 6.45) is 0. The predicted molar refractivity (Wildman–Crippen MR) is 47.8 cm³/mol. The lowest BCUT2D eigenvalue weighted by Gasteiger charge is -2.39. The first-order valence-corrected chi connectivity index (χ1v) is 4.27. The largest absolute Gasteiger partial charge is 0.369 e. The Morgan fingerprint density at radius 3 is 2.58 bits per heavy atom. The van der Waals surface area contributed by atoms with Crippen molar-refractivity contribution in [2.24, 2.45) is 5.92 Å². The SMILES string of the molecule is CC1CN(c2ccccc2F)C1. The summed E-state index contributed by atoms with van der Waals surface area (Å²) in [6.45, 7) is 4.15. The lowest BCUT2D eigenvalue weighted by molar-refractivity contribution is 0.439. The van der Waals surface area contributed by atoms with E-state index in [-0.39, 0.29) is 5.82 Å². The van der Waals surface area contributed by atoms with Crippen LogP contribution >= 0.6 is 0 Å². The fraction of sp³-hybridized carbons (Fsp3) is 0.400. The van der Waals surface area contributed by atoms with E-state index in [1.807, 2.05) is 12.1 Å². The highest BCUT2D eigenvalue weighted by Gasteiger charge is 2.24. The molecule has 0 unspecified atom stereocenters. The van der Waals surface area contributed by atoms with Crippen LogP contribution in [0.4, 0.5) is 10.1 Å². The maximum atomic E-state index is 13.1. The Bertz CT molecular complexity index is 279. The van der Waals surface area contributed by atoms with Gasteiger partial charge < -0.3 is 4.90 Å². The third-order valence-electron chi connectivity index (χ3n) is 2.26. The van der Waals surface area contributed by atoms with Crippen LogP contribution in [0.15, 0.2) is 24.3 Å². The van der Waals surface area contributed by atoms with Gasteiger partial charge in [0, 0.05) is 13.1 Å². The zero-order valence-corrected chi connectivity index (χ0v) is 7.13. The van der Waals surface area contributed by atoms with Gasteiger partial charge in [-0.3, -0.25) is 0 Å². The fourth-order valence-electron chi connectivity index (χ4n) is 1.60. The highest BCUT2D eigenvalue weighted by atomic mass is 19.1. The summed E-state index contributed by atoms with van der Waals surface area (Å²) in [4.78, 5) is 2.07. The molecular formula is C10H12FN. The number of hydrogen-bond donors (Lipinski definition) is 0. The number of nitrogens with zero attached hydrogens (tertiary/aromatic N) is 1. The van der Waals surface area contributed by atoms with Crippen molar-refractivity contribution in [3.63, 3.8) is 0 Å². The van der Waals surface area contributed by atoms with Crippen molar-refractivity contribution < 1.29 is 4.39 Å². The van der Waals surface area contributed by atoms with Gasteiger partial charge in [0.2, 0.25) is 0 Å². The van der Waals surface area contributed by atoms with Gasteiger partial charge in [-0.15, -0.1) is 0 Å². The minimum absolute atomic E-state index is 0.107. The van der Waals surface area contributed by atoms with Crippen molar-refractivity contribution in [3.8, 4) is 0 Å². The molecule has 64 valence electrons. The van der Waals surface area contributed by atoms with Crippen LogP contribution in [0.1, 0.15) is 6.92 Å². The van der Waals surface area contributed by atoms with E-state index < -0.39 is 0 Å². The van der Waals surface area contributed by atoms with E-state index in [0.717, 1.165) is 18.8 Å². The van der Waals surface area contributed by atoms with Crippen molar-refractivity contribution in [2.75, 3.05) is 18.0 Å². The number of rotatable bonds is 1. The lowest BCUT2D eigenvalue weighted by atomic mass is 10.0. The molecule has 12 heavy (non-hydrogen) atoms. The Morgan fingerprint density at radius 2 is 2.00 bits per heavy atom. The Labute approximate surface area is 71.8 Å². The van der Waals surface area contributed by atoms with Crippen LogP contribution in [-0.4, -0.2) is 13.1 Å². The van der Waals surface area contributed by atoms with Gasteiger partial charge in [-0.2, -0.15) is 0 Å². The first-order chi connectivity index (χ1) is 5.77. The molecule has 1 fully saturated rings. The molecule has 1 aliphatic rings. The summed E-state index contributed by atoms with van der Waals surface area (Å²) in [5, 5.41) is 0. The monoisotopic (exact) mass is 165 g/mol. The number of anilines is 1. The van der Waals surface area contributed by atoms with Crippen molar-refractivity contribution >= 4 is 5.69 Å². The van der Waals surface area contributed by atoms with Crippen LogP contribution in [0.25, 0.3) is 0 Å². The standard InChI is InChI=1S/C10H12FN/c1-8-6-12(7-8)10-5-3-2-4-9(10)11/h2-5,8H,6-7H2,1H3. The van der Waals surface area contributed by atoms with E-state index >= 15 is 0 Å². The summed E-state index contributed by atoms with van der Waals surface area (Å²) < 4.78 is 13.1. The quantitative estimate of drug-likeness (QED) is 0.617. The molecule has 0 atom stereocenters. The number of para-hydroxylation sites is 1. The third-order valence-corrected chi connectivity index (χ3v) is 2.26. The topological polar surface area (TPSA) is 3.24 Å². The molecule has 0 aromatic heterocycles. The molecule has 1 nitrogen and oxygen atoms in total. The predicted octanol–water partition coefficient (Wildman–Crippen LogP) is 2.28. The van der Waals surface area contributed by atoms with Crippen molar-refractivity contribution in [2.45, 2.75) is 6.92 Å². The zero-order valence-electron chi connectivity index (χ0n) is 7.13. The zero-order chi connectivity index (χ0) is 8.55. The summed E-state index contributed by atoms with van der Waals surface area (Å²) in [5.74, 6) is 0.606. The van der Waals surface area contributed by atoms with Crippen LogP contribution in [0.5, 0.6) is 0 Å². The smallest absolute Gasteiger partial charge is 0.146 e. The number of benzene rings is 1. The highest BCUT2D eigenvalue weighted by molar-refractivity contribution is 5.49. The van der Waals surface area contributed by atoms with Crippen LogP contribution in [0.3, 0.4) is 0 Å². The van der Waals surface area contributed by atoms with Gasteiger partial charge in [0.05, 0.1) is 5.69 Å². The van der Waals surface area contributed by atoms with Gasteiger partial charge in [-0.25, -0.2) is 4.39 Å². The van der Waals surface area contributed by atoms with Gasteiger partial charge in [0.25, 0.3) is 0 Å². The average molecular weight is 165 g/mol. The van der Waals surface area contributed by atoms with Crippen LogP contribution in [0, 0.1) is 11.7 Å². The molecule has 2 rings (SSSR count). The van der Waals surface area contributed by atoms with E-state index in [1.165, 1.54) is 6.07 Å². The molecule has 0 bridgehead atoms. The molecular weight excluding hydrogens is 153 g/mol. The Balaban J connectivity index is 2.18. The second-order valence-electron chi connectivity index (χ2n) is 3.46. The molecule has 1 aromatic rings. The van der Waals surface area contributed by atoms with Crippen molar-refractivity contribution in [1.82, 2.24) is 0 Å². The minimum atomic E-state index is -0.107. The molecule has 0 radical (unpaired) electrons. The van der Waals surface area contributed by atoms with Crippen molar-refractivity contribution in [3.05, 3.63) is 30.1 Å². The van der Waals surface area contributed by atoms with Crippen LogP contribution < -0.4 is 4.90 Å². The van der Waals surface area contributed by atoms with Gasteiger partial charge in [0.1, 0.15) is 5.82 Å². The summed E-state index contributed by atoms with van der Waals surface area (Å²) >= 11 is 0. The van der Waals surface area contributed by atoms with Gasteiger partial charge in [-0.1, -0.05) is 19.1 Å². The molecule has 2 heteroatoms. The molecule has 0 saturated carbocycles. The maximum Gasteiger partial charge on any atom is 0.146 e. The van der Waals surface area contributed by atoms with Gasteiger partial charge in [0.15, 0.2) is 0 Å². The molecule has 1 aliphatic heterocycles. The van der Waals surface area contributed by atoms with Crippen molar-refractivity contribution in [1.29, 1.82) is 0 Å². The summed E-state index contributed by atoms with van der Waals surface area (Å²) in [6, 6.07) is 6.95. The third kappa shape index (κ3) is 1.17. The molecule has 1 aromatic carbocycles. The van der Waals surface area contributed by atoms with E-state index in [9.17, 15) is 4.39 Å². The lowest BCUT2D eigenvalue weighted by Crippen LogP contribution is -2.45. The van der Waals surface area contributed by atoms with E-state index in [4.69, 9.17) is 0 Å². The fourth-order valence-corrected chi connectivity index (χ4v) is 1.60. The summed E-state index contributed by atoms with van der Waals surface area (Å²) in [7, 11) is 0. The molecule has 1 saturated heterocycles. The maximum absolute atomic E-state index is 13.1. The molecule has 0 amide bonds. The molecule has 0 N–H and O–H groups in total. The first-order valence-electron chi connectivity index (χ1n) is 4.27. The second-order valence-corrected chi connectivity index (χ2v) is 3.46. The molecule has 0 aliphatic carbocycles. The van der Waals surface area contributed by atoms with Gasteiger partial charge >= 0.3 is 0 Å². The van der Waals surface area contributed by atoms with E-state index in [2.05, 4.69) is 11.8 Å². The number of halogens is 1. The Hall–Kier alpha value is -1.05. The Kier molecular flexibility index (Phi) is 1.75. The Morgan fingerprint density at radius 1 is 1.33 bits per heavy atom. The van der Waals surface area contributed by atoms with Crippen LogP contribution in [0.2, 0.25) is 0 Å². The first kappa shape index (κ1) is 7.59. The van der Waals surface area contributed by atoms with E-state index in [1.54, 1.807) is 6.07 Å². The van der Waals surface area contributed by atoms with Gasteiger partial charge in [-0.05, 0) is 18.1 Å². The molecule has 0 spiro atoms. The molecule has 1 heterocycles. The van der Waals surface area contributed by atoms with E-state index in [0.29, 0.717) is 5.92 Å². The second kappa shape index (κ2) is 2.77. The summed E-state index contributed by atoms with van der Waals surface area (Å²) in [5.41, 5.74) is 0.746. The minimum Gasteiger partial charge on any atom is -0.369 e. The number of hydrogen-bond acceptors (Lipinski definition) is 1. The highest BCUT2D eigenvalue weighted by Crippen LogP contribution is 2.26. The average Bonchev–Trinajstić information content (AvgIpc) is 2.01.